The zero-order valence-electron chi connectivity index (χ0n) is 7.19. The van der Waals surface area contributed by atoms with Crippen molar-refractivity contribution in [1.29, 1.82) is 0 Å². The predicted octanol–water partition coefficient (Wildman–Crippen LogP) is 2.38. The molecule has 1 rings (SSSR count). The maximum Gasteiger partial charge on any atom is 0.328 e. The molecule has 0 aliphatic rings. The van der Waals surface area contributed by atoms with Gasteiger partial charge in [-0.2, -0.15) is 0 Å². The van der Waals surface area contributed by atoms with Gasteiger partial charge in [-0.3, -0.25) is 0 Å². The maximum absolute atomic E-state index is 10.3. The summed E-state index contributed by atoms with van der Waals surface area (Å²) in [5.41, 5.74) is 1.91. The summed E-state index contributed by atoms with van der Waals surface area (Å²) in [6, 6.07) is 5.67. The van der Waals surface area contributed by atoms with Gasteiger partial charge in [0.05, 0.1) is 0 Å². The summed E-state index contributed by atoms with van der Waals surface area (Å²) in [6.07, 6.45) is 2.64. The van der Waals surface area contributed by atoms with Crippen LogP contribution in [0.1, 0.15) is 11.1 Å². The molecule has 0 bridgehead atoms. The monoisotopic (exact) mass is 194 g/mol. The molecule has 0 atom stereocenters. The van der Waals surface area contributed by atoms with E-state index in [1.165, 1.54) is 6.08 Å². The van der Waals surface area contributed by atoms with Gasteiger partial charge in [0.2, 0.25) is 0 Å². The van der Waals surface area contributed by atoms with Crippen molar-refractivity contribution in [3.63, 3.8) is 0 Å². The Bertz CT molecular complexity index is 356. The Morgan fingerprint density at radius 2 is 2.23 bits per heavy atom. The van der Waals surface area contributed by atoms with E-state index in [9.17, 15) is 4.79 Å². The number of rotatable bonds is 2. The van der Waals surface area contributed by atoms with Crippen molar-refractivity contribution in [2.24, 2.45) is 0 Å². The number of hydrogen-bond donors (Lipinski definition) is 2. The summed E-state index contributed by atoms with van der Waals surface area (Å²) in [5.74, 6) is -0.950. The second-order valence-electron chi connectivity index (χ2n) is 2.73. The summed E-state index contributed by atoms with van der Waals surface area (Å²) in [4.78, 5) is 11.0. The molecule has 1 N–H and O–H groups in total. The van der Waals surface area contributed by atoms with E-state index in [1.54, 1.807) is 0 Å². The SMILES string of the molecule is Cc1ccc(S)c(/C=C/C(=O)O)c1. The number of carboxylic acid groups (broad SMARTS) is 1. The van der Waals surface area contributed by atoms with Crippen molar-refractivity contribution in [2.75, 3.05) is 0 Å². The van der Waals surface area contributed by atoms with Crippen LogP contribution in [0.25, 0.3) is 6.08 Å². The first-order valence-electron chi connectivity index (χ1n) is 3.80. The number of carbonyl (C=O) groups is 1. The van der Waals surface area contributed by atoms with Gasteiger partial charge in [-0.25, -0.2) is 4.79 Å². The lowest BCUT2D eigenvalue weighted by atomic mass is 10.1. The Kier molecular flexibility index (Phi) is 3.14. The molecule has 13 heavy (non-hydrogen) atoms. The van der Waals surface area contributed by atoms with Gasteiger partial charge in [0.1, 0.15) is 0 Å². The summed E-state index contributed by atoms with van der Waals surface area (Å²) >= 11 is 4.20. The number of hydrogen-bond acceptors (Lipinski definition) is 2. The molecule has 0 radical (unpaired) electrons. The zero-order chi connectivity index (χ0) is 9.84. The minimum atomic E-state index is -0.950. The molecule has 0 aromatic heterocycles. The van der Waals surface area contributed by atoms with Gasteiger partial charge in [-0.1, -0.05) is 17.7 Å². The standard InChI is InChI=1S/C10H10O2S/c1-7-2-4-9(13)8(6-7)3-5-10(11)12/h2-6,13H,1H3,(H,11,12)/b5-3+. The Morgan fingerprint density at radius 1 is 1.54 bits per heavy atom. The molecule has 3 heteroatoms. The lowest BCUT2D eigenvalue weighted by Gasteiger charge is -1.99. The molecule has 0 heterocycles. The van der Waals surface area contributed by atoms with Gasteiger partial charge in [0.15, 0.2) is 0 Å². The van der Waals surface area contributed by atoms with Gasteiger partial charge >= 0.3 is 5.97 Å². The van der Waals surface area contributed by atoms with Gasteiger partial charge in [0, 0.05) is 11.0 Å². The van der Waals surface area contributed by atoms with Crippen molar-refractivity contribution in [2.45, 2.75) is 11.8 Å². The van der Waals surface area contributed by atoms with E-state index in [1.807, 2.05) is 25.1 Å². The van der Waals surface area contributed by atoms with Crippen molar-refractivity contribution in [3.8, 4) is 0 Å². The highest BCUT2D eigenvalue weighted by atomic mass is 32.1. The first kappa shape index (κ1) is 9.86. The first-order chi connectivity index (χ1) is 6.09. The first-order valence-corrected chi connectivity index (χ1v) is 4.25. The predicted molar refractivity (Wildman–Crippen MR) is 55.1 cm³/mol. The number of aliphatic carboxylic acids is 1. The molecule has 68 valence electrons. The number of aryl methyl sites for hydroxylation is 1. The highest BCUT2D eigenvalue weighted by Crippen LogP contribution is 2.16. The summed E-state index contributed by atoms with van der Waals surface area (Å²) < 4.78 is 0. The van der Waals surface area contributed by atoms with Crippen LogP contribution in [-0.2, 0) is 4.79 Å². The van der Waals surface area contributed by atoms with Crippen LogP contribution in [0.5, 0.6) is 0 Å². The van der Waals surface area contributed by atoms with E-state index in [-0.39, 0.29) is 0 Å². The smallest absolute Gasteiger partial charge is 0.328 e. The number of carboxylic acids is 1. The van der Waals surface area contributed by atoms with Crippen LogP contribution < -0.4 is 0 Å². The van der Waals surface area contributed by atoms with Crippen LogP contribution in [0.2, 0.25) is 0 Å². The molecule has 0 aliphatic carbocycles. The normalized spacial score (nSPS) is 10.6. The molecule has 0 fully saturated rings. The molecule has 1 aromatic rings. The van der Waals surface area contributed by atoms with Crippen LogP contribution in [0.15, 0.2) is 29.2 Å². The summed E-state index contributed by atoms with van der Waals surface area (Å²) in [5, 5.41) is 8.42. The molecule has 0 saturated heterocycles. The third-order valence-electron chi connectivity index (χ3n) is 1.59. The molecular weight excluding hydrogens is 184 g/mol. The molecule has 2 nitrogen and oxygen atoms in total. The largest absolute Gasteiger partial charge is 0.478 e. The second-order valence-corrected chi connectivity index (χ2v) is 3.22. The molecular formula is C10H10O2S. The van der Waals surface area contributed by atoms with Gasteiger partial charge in [0.25, 0.3) is 0 Å². The van der Waals surface area contributed by atoms with Crippen LogP contribution in [0, 0.1) is 6.92 Å². The van der Waals surface area contributed by atoms with Crippen molar-refractivity contribution < 1.29 is 9.90 Å². The van der Waals surface area contributed by atoms with E-state index < -0.39 is 5.97 Å². The second kappa shape index (κ2) is 4.14. The fourth-order valence-corrected chi connectivity index (χ4v) is 1.18. The lowest BCUT2D eigenvalue weighted by Crippen LogP contribution is -1.86. The Hall–Kier alpha value is -1.22. The Balaban J connectivity index is 3.00. The van der Waals surface area contributed by atoms with Gasteiger partial charge in [-0.15, -0.1) is 12.6 Å². The number of benzene rings is 1. The van der Waals surface area contributed by atoms with Crippen LogP contribution in [-0.4, -0.2) is 11.1 Å². The van der Waals surface area contributed by atoms with Gasteiger partial charge < -0.3 is 5.11 Å². The summed E-state index contributed by atoms with van der Waals surface area (Å²) in [6.45, 7) is 1.95. The summed E-state index contributed by atoms with van der Waals surface area (Å²) in [7, 11) is 0. The third-order valence-corrected chi connectivity index (χ3v) is 2.00. The highest BCUT2D eigenvalue weighted by Gasteiger charge is 1.95. The van der Waals surface area contributed by atoms with Crippen LogP contribution >= 0.6 is 12.6 Å². The Labute approximate surface area is 82.3 Å². The van der Waals surface area contributed by atoms with Crippen molar-refractivity contribution in [1.82, 2.24) is 0 Å². The van der Waals surface area contributed by atoms with E-state index in [0.29, 0.717) is 0 Å². The third kappa shape index (κ3) is 2.95. The van der Waals surface area contributed by atoms with E-state index in [2.05, 4.69) is 12.6 Å². The van der Waals surface area contributed by atoms with Crippen molar-refractivity contribution in [3.05, 3.63) is 35.4 Å². The number of thiol groups is 1. The zero-order valence-corrected chi connectivity index (χ0v) is 8.08. The molecule has 0 aliphatic heterocycles. The molecule has 0 spiro atoms. The average molecular weight is 194 g/mol. The van der Waals surface area contributed by atoms with E-state index >= 15 is 0 Å². The maximum atomic E-state index is 10.3. The van der Waals surface area contributed by atoms with Crippen LogP contribution in [0.4, 0.5) is 0 Å². The van der Waals surface area contributed by atoms with E-state index in [0.717, 1.165) is 22.1 Å². The molecule has 0 amide bonds. The topological polar surface area (TPSA) is 37.3 Å². The Morgan fingerprint density at radius 3 is 2.85 bits per heavy atom. The highest BCUT2D eigenvalue weighted by molar-refractivity contribution is 7.80. The average Bonchev–Trinajstić information content (AvgIpc) is 2.06. The molecule has 0 unspecified atom stereocenters. The molecule has 1 aromatic carbocycles. The van der Waals surface area contributed by atoms with Crippen LogP contribution in [0.3, 0.4) is 0 Å². The van der Waals surface area contributed by atoms with E-state index in [4.69, 9.17) is 5.11 Å². The fraction of sp³-hybridized carbons (Fsp3) is 0.100. The fourth-order valence-electron chi connectivity index (χ4n) is 0.969. The minimum absolute atomic E-state index is 0.781. The quantitative estimate of drug-likeness (QED) is 0.560. The minimum Gasteiger partial charge on any atom is -0.478 e. The molecule has 0 saturated carbocycles. The van der Waals surface area contributed by atoms with Crippen molar-refractivity contribution >= 4 is 24.7 Å². The van der Waals surface area contributed by atoms with Gasteiger partial charge in [-0.05, 0) is 24.6 Å². The lowest BCUT2D eigenvalue weighted by molar-refractivity contribution is -0.131.